The molecule has 0 saturated heterocycles. The molecule has 140 valence electrons. The van der Waals surface area contributed by atoms with Gasteiger partial charge in [-0.05, 0) is 35.7 Å². The first-order valence-electron chi connectivity index (χ1n) is 8.52. The predicted octanol–water partition coefficient (Wildman–Crippen LogP) is 2.64. The van der Waals surface area contributed by atoms with Gasteiger partial charge >= 0.3 is 0 Å². The standard InChI is InChI=1S/C20H20FN3O3/c1-27-18-8-6-13(10-16(18)21)7-9-19(25)23-24-20(26)11-14-12-22-17-5-3-2-4-15(14)17/h2-6,8,10,12,22H,7,9,11H2,1H3,(H,23,25)(H,24,26). The molecule has 27 heavy (non-hydrogen) atoms. The second-order valence-corrected chi connectivity index (χ2v) is 6.10. The number of nitrogens with one attached hydrogen (secondary N) is 3. The van der Waals surface area contributed by atoms with E-state index >= 15 is 0 Å². The number of rotatable bonds is 6. The van der Waals surface area contributed by atoms with Gasteiger partial charge < -0.3 is 9.72 Å². The van der Waals surface area contributed by atoms with Crippen molar-refractivity contribution in [3.63, 3.8) is 0 Å². The van der Waals surface area contributed by atoms with Crippen molar-refractivity contribution < 1.29 is 18.7 Å². The van der Waals surface area contributed by atoms with E-state index in [1.807, 2.05) is 24.3 Å². The van der Waals surface area contributed by atoms with Crippen LogP contribution in [0.3, 0.4) is 0 Å². The summed E-state index contributed by atoms with van der Waals surface area (Å²) in [6.45, 7) is 0. The number of H-pyrrole nitrogens is 1. The average Bonchev–Trinajstić information content (AvgIpc) is 3.08. The highest BCUT2D eigenvalue weighted by molar-refractivity contribution is 5.89. The van der Waals surface area contributed by atoms with Gasteiger partial charge in [0.2, 0.25) is 11.8 Å². The molecule has 0 atom stereocenters. The number of hydrogen-bond donors (Lipinski definition) is 3. The first-order valence-corrected chi connectivity index (χ1v) is 8.52. The molecule has 7 heteroatoms. The van der Waals surface area contributed by atoms with Gasteiger partial charge in [-0.25, -0.2) is 4.39 Å². The first-order chi connectivity index (χ1) is 13.1. The van der Waals surface area contributed by atoms with Crippen LogP contribution in [-0.4, -0.2) is 23.9 Å². The van der Waals surface area contributed by atoms with Gasteiger partial charge in [0.05, 0.1) is 13.5 Å². The van der Waals surface area contributed by atoms with Crippen LogP contribution in [0.25, 0.3) is 10.9 Å². The Morgan fingerprint density at radius 1 is 1.11 bits per heavy atom. The van der Waals surface area contributed by atoms with Gasteiger partial charge in [-0.15, -0.1) is 0 Å². The van der Waals surface area contributed by atoms with E-state index in [2.05, 4.69) is 15.8 Å². The lowest BCUT2D eigenvalue weighted by Crippen LogP contribution is -2.42. The molecule has 1 heterocycles. The van der Waals surface area contributed by atoms with Crippen LogP contribution < -0.4 is 15.6 Å². The van der Waals surface area contributed by atoms with Gasteiger partial charge in [-0.1, -0.05) is 24.3 Å². The molecule has 0 aliphatic carbocycles. The highest BCUT2D eigenvalue weighted by Crippen LogP contribution is 2.19. The molecule has 1 aromatic heterocycles. The van der Waals surface area contributed by atoms with Crippen molar-refractivity contribution in [2.24, 2.45) is 0 Å². The van der Waals surface area contributed by atoms with Gasteiger partial charge in [0.25, 0.3) is 0 Å². The third-order valence-electron chi connectivity index (χ3n) is 4.22. The third-order valence-corrected chi connectivity index (χ3v) is 4.22. The smallest absolute Gasteiger partial charge is 0.242 e. The first kappa shape index (κ1) is 18.4. The van der Waals surface area contributed by atoms with Crippen molar-refractivity contribution in [1.29, 1.82) is 0 Å². The molecule has 3 N–H and O–H groups in total. The summed E-state index contributed by atoms with van der Waals surface area (Å²) < 4.78 is 18.5. The highest BCUT2D eigenvalue weighted by atomic mass is 19.1. The van der Waals surface area contributed by atoms with Crippen molar-refractivity contribution in [2.45, 2.75) is 19.3 Å². The number of aromatic nitrogens is 1. The topological polar surface area (TPSA) is 83.2 Å². The van der Waals surface area contributed by atoms with Gasteiger partial charge in [-0.3, -0.25) is 20.4 Å². The van der Waals surface area contributed by atoms with E-state index in [4.69, 9.17) is 4.74 Å². The Labute approximate surface area is 155 Å². The van der Waals surface area contributed by atoms with E-state index in [1.54, 1.807) is 12.3 Å². The van der Waals surface area contributed by atoms with Crippen LogP contribution in [0.2, 0.25) is 0 Å². The fourth-order valence-corrected chi connectivity index (χ4v) is 2.82. The maximum Gasteiger partial charge on any atom is 0.242 e. The van der Waals surface area contributed by atoms with Gasteiger partial charge in [0.15, 0.2) is 11.6 Å². The Morgan fingerprint density at radius 3 is 2.67 bits per heavy atom. The number of halogens is 1. The van der Waals surface area contributed by atoms with Gasteiger partial charge in [0, 0.05) is 23.5 Å². The molecule has 2 amide bonds. The van der Waals surface area contributed by atoms with Crippen molar-refractivity contribution >= 4 is 22.7 Å². The maximum atomic E-state index is 13.6. The number of methoxy groups -OCH3 is 1. The van der Waals surface area contributed by atoms with Crippen molar-refractivity contribution in [3.05, 3.63) is 65.6 Å². The molecule has 0 aliphatic rings. The molecule has 2 aromatic carbocycles. The summed E-state index contributed by atoms with van der Waals surface area (Å²) in [6, 6.07) is 12.2. The van der Waals surface area contributed by atoms with E-state index in [0.717, 1.165) is 16.5 Å². The fourth-order valence-electron chi connectivity index (χ4n) is 2.82. The number of aryl methyl sites for hydroxylation is 1. The quantitative estimate of drug-likeness (QED) is 0.584. The Kier molecular flexibility index (Phi) is 5.71. The second kappa shape index (κ2) is 8.35. The second-order valence-electron chi connectivity index (χ2n) is 6.10. The number of hydrogen-bond acceptors (Lipinski definition) is 3. The van der Waals surface area contributed by atoms with E-state index in [-0.39, 0.29) is 30.4 Å². The van der Waals surface area contributed by atoms with E-state index < -0.39 is 5.82 Å². The molecular formula is C20H20FN3O3. The zero-order valence-electron chi connectivity index (χ0n) is 14.8. The lowest BCUT2D eigenvalue weighted by molar-refractivity contribution is -0.128. The minimum atomic E-state index is -0.470. The van der Waals surface area contributed by atoms with Gasteiger partial charge in [0.1, 0.15) is 0 Å². The zero-order valence-corrected chi connectivity index (χ0v) is 14.8. The minimum Gasteiger partial charge on any atom is -0.494 e. The molecule has 0 radical (unpaired) electrons. The number of aromatic amines is 1. The Bertz CT molecular complexity index is 968. The van der Waals surface area contributed by atoms with Crippen molar-refractivity contribution in [2.75, 3.05) is 7.11 Å². The van der Waals surface area contributed by atoms with Crippen LogP contribution in [0, 0.1) is 5.82 Å². The monoisotopic (exact) mass is 369 g/mol. The van der Waals surface area contributed by atoms with Crippen LogP contribution in [0.4, 0.5) is 4.39 Å². The number of fused-ring (bicyclic) bond motifs is 1. The molecule has 0 fully saturated rings. The van der Waals surface area contributed by atoms with Crippen LogP contribution in [0.5, 0.6) is 5.75 Å². The number of hydrazine groups is 1. The molecule has 0 aliphatic heterocycles. The van der Waals surface area contributed by atoms with Crippen LogP contribution >= 0.6 is 0 Å². The minimum absolute atomic E-state index is 0.124. The Hall–Kier alpha value is -3.35. The molecule has 3 aromatic rings. The maximum absolute atomic E-state index is 13.6. The van der Waals surface area contributed by atoms with Crippen LogP contribution in [-0.2, 0) is 22.4 Å². The summed E-state index contributed by atoms with van der Waals surface area (Å²) in [5.74, 6) is -0.975. The summed E-state index contributed by atoms with van der Waals surface area (Å²) in [7, 11) is 1.39. The lowest BCUT2D eigenvalue weighted by Gasteiger charge is -2.08. The highest BCUT2D eigenvalue weighted by Gasteiger charge is 2.10. The van der Waals surface area contributed by atoms with E-state index in [9.17, 15) is 14.0 Å². The molecule has 0 spiro atoms. The molecular weight excluding hydrogens is 349 g/mol. The summed E-state index contributed by atoms with van der Waals surface area (Å²) in [5.41, 5.74) is 7.27. The Balaban J connectivity index is 1.46. The SMILES string of the molecule is COc1ccc(CCC(=O)NNC(=O)Cc2c[nH]c3ccccc23)cc1F. The zero-order chi connectivity index (χ0) is 19.2. The summed E-state index contributed by atoms with van der Waals surface area (Å²) in [6.07, 6.45) is 2.41. The van der Waals surface area contributed by atoms with Crippen LogP contribution in [0.15, 0.2) is 48.7 Å². The number of carbonyl (C=O) groups excluding carboxylic acids is 2. The summed E-state index contributed by atoms with van der Waals surface area (Å²) in [5, 5.41) is 0.973. The average molecular weight is 369 g/mol. The number of para-hydroxylation sites is 1. The van der Waals surface area contributed by atoms with Gasteiger partial charge in [-0.2, -0.15) is 0 Å². The lowest BCUT2D eigenvalue weighted by atomic mass is 10.1. The number of ether oxygens (including phenoxy) is 1. The summed E-state index contributed by atoms with van der Waals surface area (Å²) >= 11 is 0. The van der Waals surface area contributed by atoms with Crippen molar-refractivity contribution in [1.82, 2.24) is 15.8 Å². The molecule has 6 nitrogen and oxygen atoms in total. The number of carbonyl (C=O) groups is 2. The number of benzene rings is 2. The Morgan fingerprint density at radius 2 is 1.89 bits per heavy atom. The normalized spacial score (nSPS) is 10.6. The third kappa shape index (κ3) is 4.63. The summed E-state index contributed by atoms with van der Waals surface area (Å²) in [4.78, 5) is 27.0. The molecule has 3 rings (SSSR count). The van der Waals surface area contributed by atoms with E-state index in [0.29, 0.717) is 12.0 Å². The molecule has 0 bridgehead atoms. The number of amides is 2. The molecule has 0 unspecified atom stereocenters. The fraction of sp³-hybridized carbons (Fsp3) is 0.200. The van der Waals surface area contributed by atoms with Crippen LogP contribution in [0.1, 0.15) is 17.5 Å². The predicted molar refractivity (Wildman–Crippen MR) is 99.6 cm³/mol. The van der Waals surface area contributed by atoms with Crippen molar-refractivity contribution in [3.8, 4) is 5.75 Å². The largest absolute Gasteiger partial charge is 0.494 e. The van der Waals surface area contributed by atoms with E-state index in [1.165, 1.54) is 19.2 Å². The molecule has 0 saturated carbocycles.